The van der Waals surface area contributed by atoms with Gasteiger partial charge in [0.2, 0.25) is 0 Å². The Morgan fingerprint density at radius 1 is 1.36 bits per heavy atom. The van der Waals surface area contributed by atoms with E-state index < -0.39 is 0 Å². The lowest BCUT2D eigenvalue weighted by molar-refractivity contribution is -0.131. The van der Waals surface area contributed by atoms with Gasteiger partial charge in [-0.25, -0.2) is 0 Å². The van der Waals surface area contributed by atoms with E-state index >= 15 is 0 Å². The standard InChI is InChI=1S/C10H9O3P/c1-8(11)13-10-4-2-9(3-5-10)6-7-14-12/h2-7H,1H3. The van der Waals surface area contributed by atoms with Gasteiger partial charge in [-0.1, -0.05) is 12.1 Å². The summed E-state index contributed by atoms with van der Waals surface area (Å²) in [7, 11) is -0.0218. The Morgan fingerprint density at radius 3 is 2.50 bits per heavy atom. The van der Waals surface area contributed by atoms with E-state index in [1.165, 1.54) is 12.7 Å². The normalized spacial score (nSPS) is 10.6. The molecule has 0 heterocycles. The SMILES string of the molecule is CC(=O)Oc1ccc(C=CP=O)cc1. The summed E-state index contributed by atoms with van der Waals surface area (Å²) in [5.74, 6) is 1.67. The number of carbonyl (C=O) groups excluding carboxylic acids is 1. The molecule has 0 amide bonds. The fourth-order valence-corrected chi connectivity index (χ4v) is 1.16. The topological polar surface area (TPSA) is 43.4 Å². The zero-order chi connectivity index (χ0) is 10.4. The van der Waals surface area contributed by atoms with E-state index in [0.717, 1.165) is 5.56 Å². The Bertz CT molecular complexity index is 354. The number of esters is 1. The Hall–Kier alpha value is -1.47. The first-order valence-corrected chi connectivity index (χ1v) is 4.88. The van der Waals surface area contributed by atoms with Crippen molar-refractivity contribution in [3.63, 3.8) is 0 Å². The summed E-state index contributed by atoms with van der Waals surface area (Å²) in [5, 5.41) is 0. The summed E-state index contributed by atoms with van der Waals surface area (Å²) in [6.07, 6.45) is 1.71. The van der Waals surface area contributed by atoms with Gasteiger partial charge in [-0.2, -0.15) is 0 Å². The van der Waals surface area contributed by atoms with Crippen LogP contribution in [-0.4, -0.2) is 5.97 Å². The molecule has 1 aromatic rings. The minimum absolute atomic E-state index is 0.0218. The molecular formula is C10H9O3P. The van der Waals surface area contributed by atoms with Crippen LogP contribution in [0.15, 0.2) is 30.1 Å². The highest BCUT2D eigenvalue weighted by atomic mass is 31.1. The monoisotopic (exact) mass is 208 g/mol. The van der Waals surface area contributed by atoms with Gasteiger partial charge in [0.25, 0.3) is 0 Å². The van der Waals surface area contributed by atoms with E-state index in [2.05, 4.69) is 0 Å². The summed E-state index contributed by atoms with van der Waals surface area (Å²) in [4.78, 5) is 10.6. The average molecular weight is 208 g/mol. The molecule has 0 fully saturated rings. The highest BCUT2D eigenvalue weighted by molar-refractivity contribution is 7.28. The first kappa shape index (κ1) is 10.6. The van der Waals surface area contributed by atoms with Crippen molar-refractivity contribution in [2.75, 3.05) is 0 Å². The zero-order valence-corrected chi connectivity index (χ0v) is 8.53. The Labute approximate surface area is 83.6 Å². The largest absolute Gasteiger partial charge is 0.427 e. The predicted molar refractivity (Wildman–Crippen MR) is 54.4 cm³/mol. The van der Waals surface area contributed by atoms with Gasteiger partial charge in [-0.05, 0) is 23.8 Å². The third-order valence-corrected chi connectivity index (χ3v) is 1.74. The van der Waals surface area contributed by atoms with Crippen LogP contribution < -0.4 is 4.74 Å². The molecule has 0 aromatic heterocycles. The molecule has 0 aliphatic carbocycles. The Balaban J connectivity index is 2.73. The maximum Gasteiger partial charge on any atom is 0.308 e. The molecule has 0 unspecified atom stereocenters. The maximum atomic E-state index is 10.6. The van der Waals surface area contributed by atoms with Crippen molar-refractivity contribution in [3.8, 4) is 5.75 Å². The van der Waals surface area contributed by atoms with Crippen molar-refractivity contribution in [2.24, 2.45) is 0 Å². The molecule has 0 N–H and O–H groups in total. The average Bonchev–Trinajstić information content (AvgIpc) is 2.16. The quantitative estimate of drug-likeness (QED) is 0.435. The van der Waals surface area contributed by atoms with Crippen LogP contribution in [0.1, 0.15) is 12.5 Å². The minimum Gasteiger partial charge on any atom is -0.427 e. The molecule has 0 spiro atoms. The fraction of sp³-hybridized carbons (Fsp3) is 0.100. The molecular weight excluding hydrogens is 199 g/mol. The second-order valence-corrected chi connectivity index (χ2v) is 3.09. The number of benzene rings is 1. The third-order valence-electron chi connectivity index (χ3n) is 1.47. The number of rotatable bonds is 3. The van der Waals surface area contributed by atoms with Gasteiger partial charge in [0.05, 0.1) is 0 Å². The third kappa shape index (κ3) is 3.50. The molecule has 14 heavy (non-hydrogen) atoms. The summed E-state index contributed by atoms with van der Waals surface area (Å²) >= 11 is 0. The molecule has 0 aliphatic rings. The van der Waals surface area contributed by atoms with Crippen molar-refractivity contribution < 1.29 is 14.1 Å². The Morgan fingerprint density at radius 2 is 2.00 bits per heavy atom. The van der Waals surface area contributed by atoms with Gasteiger partial charge in [-0.15, -0.1) is 0 Å². The lowest BCUT2D eigenvalue weighted by Gasteiger charge is -2.00. The molecule has 72 valence electrons. The van der Waals surface area contributed by atoms with E-state index in [9.17, 15) is 9.36 Å². The van der Waals surface area contributed by atoms with Crippen LogP contribution in [0.4, 0.5) is 0 Å². The van der Waals surface area contributed by atoms with E-state index in [1.807, 2.05) is 0 Å². The first-order chi connectivity index (χ1) is 6.72. The van der Waals surface area contributed by atoms with Crippen molar-refractivity contribution in [2.45, 2.75) is 6.92 Å². The molecule has 0 atom stereocenters. The van der Waals surface area contributed by atoms with Crippen molar-refractivity contribution in [1.82, 2.24) is 0 Å². The lowest BCUT2D eigenvalue weighted by atomic mass is 10.2. The second kappa shape index (κ2) is 5.30. The van der Waals surface area contributed by atoms with Crippen LogP contribution in [0, 0.1) is 0 Å². The molecule has 0 aliphatic heterocycles. The lowest BCUT2D eigenvalue weighted by Crippen LogP contribution is -2.00. The summed E-state index contributed by atoms with van der Waals surface area (Å²) < 4.78 is 15.0. The number of carbonyl (C=O) groups is 1. The minimum atomic E-state index is -0.341. The molecule has 3 nitrogen and oxygen atoms in total. The van der Waals surface area contributed by atoms with Gasteiger partial charge in [0.1, 0.15) is 5.75 Å². The summed E-state index contributed by atoms with van der Waals surface area (Å²) in [6, 6.07) is 6.92. The van der Waals surface area contributed by atoms with Crippen molar-refractivity contribution in [1.29, 1.82) is 0 Å². The summed E-state index contributed by atoms with van der Waals surface area (Å²) in [6.45, 7) is 1.35. The van der Waals surface area contributed by atoms with E-state index in [0.29, 0.717) is 5.75 Å². The van der Waals surface area contributed by atoms with Crippen LogP contribution in [0.5, 0.6) is 5.75 Å². The van der Waals surface area contributed by atoms with Gasteiger partial charge in [-0.3, -0.25) is 9.36 Å². The smallest absolute Gasteiger partial charge is 0.308 e. The van der Waals surface area contributed by atoms with Crippen LogP contribution in [0.2, 0.25) is 0 Å². The van der Waals surface area contributed by atoms with Crippen LogP contribution in [0.3, 0.4) is 0 Å². The maximum absolute atomic E-state index is 10.6. The fourth-order valence-electron chi connectivity index (χ4n) is 0.929. The second-order valence-electron chi connectivity index (χ2n) is 2.58. The highest BCUT2D eigenvalue weighted by Crippen LogP contribution is 2.14. The van der Waals surface area contributed by atoms with Crippen LogP contribution >= 0.6 is 8.46 Å². The molecule has 1 rings (SSSR count). The van der Waals surface area contributed by atoms with E-state index in [-0.39, 0.29) is 14.4 Å². The molecule has 0 saturated heterocycles. The molecule has 0 saturated carbocycles. The molecule has 0 radical (unpaired) electrons. The molecule has 0 bridgehead atoms. The van der Waals surface area contributed by atoms with E-state index in [1.54, 1.807) is 30.3 Å². The van der Waals surface area contributed by atoms with E-state index in [4.69, 9.17) is 4.74 Å². The molecule has 1 aromatic carbocycles. The van der Waals surface area contributed by atoms with Crippen molar-refractivity contribution in [3.05, 3.63) is 35.6 Å². The van der Waals surface area contributed by atoms with Gasteiger partial charge in [0, 0.05) is 12.7 Å². The number of ether oxygens (including phenoxy) is 1. The Kier molecular flexibility index (Phi) is 4.02. The summed E-state index contributed by atoms with van der Waals surface area (Å²) in [5.41, 5.74) is 0.907. The van der Waals surface area contributed by atoms with Crippen LogP contribution in [-0.2, 0) is 9.36 Å². The van der Waals surface area contributed by atoms with Crippen molar-refractivity contribution >= 4 is 20.5 Å². The van der Waals surface area contributed by atoms with Gasteiger partial charge >= 0.3 is 5.97 Å². The predicted octanol–water partition coefficient (Wildman–Crippen LogP) is 2.87. The van der Waals surface area contributed by atoms with Gasteiger partial charge < -0.3 is 4.74 Å². The number of hydrogen-bond donors (Lipinski definition) is 0. The highest BCUT2D eigenvalue weighted by Gasteiger charge is 1.96. The number of hydrogen-bond acceptors (Lipinski definition) is 3. The van der Waals surface area contributed by atoms with Gasteiger partial charge in [0.15, 0.2) is 8.46 Å². The zero-order valence-electron chi connectivity index (χ0n) is 7.64. The first-order valence-electron chi connectivity index (χ1n) is 4.00. The van der Waals surface area contributed by atoms with Crippen LogP contribution in [0.25, 0.3) is 6.08 Å². The molecule has 4 heteroatoms.